The monoisotopic (exact) mass is 455 g/mol. The van der Waals surface area contributed by atoms with Gasteiger partial charge in [-0.2, -0.15) is 0 Å². The number of nitrogens with zero attached hydrogens (tertiary/aromatic N) is 3. The topological polar surface area (TPSA) is 64.1 Å². The zero-order valence-corrected chi connectivity index (χ0v) is 19.4. The third-order valence-electron chi connectivity index (χ3n) is 5.39. The Kier molecular flexibility index (Phi) is 7.57. The summed E-state index contributed by atoms with van der Waals surface area (Å²) in [5.74, 6) is 1.35. The molecule has 1 aliphatic heterocycles. The molecule has 170 valence electrons. The number of carbonyl (C=O) groups excluding carboxylic acids is 1. The second kappa shape index (κ2) is 10.8. The molecule has 3 aromatic rings. The zero-order valence-electron chi connectivity index (χ0n) is 18.6. The Morgan fingerprint density at radius 1 is 1.12 bits per heavy atom. The highest BCUT2D eigenvalue weighted by atomic mass is 32.1. The van der Waals surface area contributed by atoms with Gasteiger partial charge in [0.15, 0.2) is 11.7 Å². The predicted molar refractivity (Wildman–Crippen MR) is 127 cm³/mol. The number of para-hydroxylation sites is 2. The lowest BCUT2D eigenvalue weighted by molar-refractivity contribution is -0.120. The van der Waals surface area contributed by atoms with Crippen molar-refractivity contribution < 1.29 is 19.0 Å². The second-order valence-electron chi connectivity index (χ2n) is 7.59. The van der Waals surface area contributed by atoms with E-state index in [2.05, 4.69) is 4.90 Å². The van der Waals surface area contributed by atoms with Gasteiger partial charge in [0.2, 0.25) is 0 Å². The Hall–Kier alpha value is -2.68. The summed E-state index contributed by atoms with van der Waals surface area (Å²) in [5.41, 5.74) is 1.79. The fourth-order valence-corrected chi connectivity index (χ4v) is 4.65. The van der Waals surface area contributed by atoms with Gasteiger partial charge in [0.05, 0.1) is 24.5 Å². The molecule has 1 aliphatic rings. The van der Waals surface area contributed by atoms with Gasteiger partial charge < -0.3 is 14.2 Å². The molecule has 32 heavy (non-hydrogen) atoms. The normalized spacial score (nSPS) is 14.4. The lowest BCUT2D eigenvalue weighted by Crippen LogP contribution is -2.44. The van der Waals surface area contributed by atoms with Crippen LogP contribution >= 0.6 is 11.3 Å². The van der Waals surface area contributed by atoms with Gasteiger partial charge in [-0.15, -0.1) is 0 Å². The molecule has 1 amide bonds. The third kappa shape index (κ3) is 5.38. The van der Waals surface area contributed by atoms with Crippen LogP contribution in [-0.4, -0.2) is 68.4 Å². The fourth-order valence-electron chi connectivity index (χ4n) is 3.63. The van der Waals surface area contributed by atoms with E-state index in [-0.39, 0.29) is 12.5 Å². The molecule has 0 bridgehead atoms. The molecule has 1 aromatic heterocycles. The number of benzene rings is 2. The number of hydrogen-bond acceptors (Lipinski definition) is 7. The molecule has 0 saturated carbocycles. The molecule has 0 spiro atoms. The molecule has 7 nitrogen and oxygen atoms in total. The van der Waals surface area contributed by atoms with Crippen LogP contribution in [0.1, 0.15) is 12.5 Å². The number of ether oxygens (including phenoxy) is 3. The maximum absolute atomic E-state index is 13.3. The van der Waals surface area contributed by atoms with Crippen LogP contribution in [0.4, 0.5) is 5.13 Å². The van der Waals surface area contributed by atoms with Crippen molar-refractivity contribution in [3.8, 4) is 11.5 Å². The number of morpholine rings is 1. The van der Waals surface area contributed by atoms with E-state index in [0.29, 0.717) is 18.3 Å². The van der Waals surface area contributed by atoms with Crippen molar-refractivity contribution in [2.75, 3.05) is 57.5 Å². The Labute approximate surface area is 192 Å². The molecular weight excluding hydrogens is 426 g/mol. The van der Waals surface area contributed by atoms with E-state index in [0.717, 1.165) is 60.1 Å². The second-order valence-corrected chi connectivity index (χ2v) is 8.60. The van der Waals surface area contributed by atoms with E-state index in [4.69, 9.17) is 19.2 Å². The van der Waals surface area contributed by atoms with Gasteiger partial charge in [0.1, 0.15) is 17.0 Å². The number of fused-ring (bicyclic) bond motifs is 1. The standard InChI is InChI=1S/C24H29N3O4S/c1-3-30-20-9-6-10-21-23(20)25-24(32-21)27(12-11-26-13-15-29-16-14-26)22(28)17-31-19-8-5-4-7-18(19)2/h4-10H,3,11-17H2,1-2H3. The summed E-state index contributed by atoms with van der Waals surface area (Å²) in [6, 6.07) is 13.6. The lowest BCUT2D eigenvalue weighted by atomic mass is 10.2. The minimum Gasteiger partial charge on any atom is -0.492 e. The van der Waals surface area contributed by atoms with Gasteiger partial charge in [0, 0.05) is 26.2 Å². The summed E-state index contributed by atoms with van der Waals surface area (Å²) in [6.45, 7) is 8.94. The molecule has 8 heteroatoms. The number of anilines is 1. The van der Waals surface area contributed by atoms with Gasteiger partial charge in [-0.25, -0.2) is 4.98 Å². The van der Waals surface area contributed by atoms with Crippen LogP contribution < -0.4 is 14.4 Å². The molecule has 1 fully saturated rings. The highest BCUT2D eigenvalue weighted by Crippen LogP contribution is 2.34. The SMILES string of the molecule is CCOc1cccc2sc(N(CCN3CCOCC3)C(=O)COc3ccccc3C)nc12. The van der Waals surface area contributed by atoms with Crippen molar-refractivity contribution >= 4 is 32.6 Å². The van der Waals surface area contributed by atoms with E-state index in [1.807, 2.05) is 56.3 Å². The quantitative estimate of drug-likeness (QED) is 0.490. The Bertz CT molecular complexity index is 1050. The minimum atomic E-state index is -0.112. The first-order valence-corrected chi connectivity index (χ1v) is 11.8. The fraction of sp³-hybridized carbons (Fsp3) is 0.417. The largest absolute Gasteiger partial charge is 0.492 e. The third-order valence-corrected chi connectivity index (χ3v) is 6.43. The summed E-state index contributed by atoms with van der Waals surface area (Å²) in [6.07, 6.45) is 0. The minimum absolute atomic E-state index is 0.0395. The van der Waals surface area contributed by atoms with Crippen LogP contribution in [0.3, 0.4) is 0 Å². The van der Waals surface area contributed by atoms with Crippen molar-refractivity contribution in [1.82, 2.24) is 9.88 Å². The average Bonchev–Trinajstić information content (AvgIpc) is 3.24. The summed E-state index contributed by atoms with van der Waals surface area (Å²) < 4.78 is 18.0. The molecule has 2 aromatic carbocycles. The Balaban J connectivity index is 1.55. The molecule has 0 aliphatic carbocycles. The molecule has 4 rings (SSSR count). The van der Waals surface area contributed by atoms with Crippen LogP contribution in [0.5, 0.6) is 11.5 Å². The summed E-state index contributed by atoms with van der Waals surface area (Å²) >= 11 is 1.50. The van der Waals surface area contributed by atoms with Crippen molar-refractivity contribution in [2.45, 2.75) is 13.8 Å². The van der Waals surface area contributed by atoms with Crippen LogP contribution in [0.2, 0.25) is 0 Å². The average molecular weight is 456 g/mol. The molecule has 0 N–H and O–H groups in total. The predicted octanol–water partition coefficient (Wildman–Crippen LogP) is 3.75. The molecule has 0 radical (unpaired) electrons. The molecular formula is C24H29N3O4S. The lowest BCUT2D eigenvalue weighted by Gasteiger charge is -2.29. The van der Waals surface area contributed by atoms with Crippen LogP contribution in [-0.2, 0) is 9.53 Å². The number of aryl methyl sites for hydroxylation is 1. The van der Waals surface area contributed by atoms with Gasteiger partial charge >= 0.3 is 0 Å². The molecule has 1 saturated heterocycles. The van der Waals surface area contributed by atoms with Crippen molar-refractivity contribution in [3.63, 3.8) is 0 Å². The molecule has 0 unspecified atom stereocenters. The highest BCUT2D eigenvalue weighted by molar-refractivity contribution is 7.22. The van der Waals surface area contributed by atoms with Gasteiger partial charge in [0.25, 0.3) is 5.91 Å². The summed E-state index contributed by atoms with van der Waals surface area (Å²) in [4.78, 5) is 22.1. The van der Waals surface area contributed by atoms with E-state index < -0.39 is 0 Å². The van der Waals surface area contributed by atoms with Gasteiger partial charge in [-0.3, -0.25) is 14.6 Å². The van der Waals surface area contributed by atoms with E-state index in [9.17, 15) is 4.79 Å². The maximum Gasteiger partial charge on any atom is 0.266 e. The number of thiazole rings is 1. The first kappa shape index (κ1) is 22.5. The highest BCUT2D eigenvalue weighted by Gasteiger charge is 2.23. The summed E-state index contributed by atoms with van der Waals surface area (Å²) in [5, 5.41) is 0.666. The zero-order chi connectivity index (χ0) is 22.3. The number of hydrogen-bond donors (Lipinski definition) is 0. The van der Waals surface area contributed by atoms with E-state index in [1.165, 1.54) is 11.3 Å². The van der Waals surface area contributed by atoms with Crippen molar-refractivity contribution in [1.29, 1.82) is 0 Å². The number of aromatic nitrogens is 1. The van der Waals surface area contributed by atoms with Crippen molar-refractivity contribution in [2.24, 2.45) is 0 Å². The number of amides is 1. The van der Waals surface area contributed by atoms with Crippen LogP contribution in [0.15, 0.2) is 42.5 Å². The maximum atomic E-state index is 13.3. The Morgan fingerprint density at radius 2 is 1.91 bits per heavy atom. The molecule has 2 heterocycles. The summed E-state index contributed by atoms with van der Waals surface area (Å²) in [7, 11) is 0. The number of carbonyl (C=O) groups is 1. The first-order chi connectivity index (χ1) is 15.7. The van der Waals surface area contributed by atoms with Gasteiger partial charge in [-0.05, 0) is 37.6 Å². The smallest absolute Gasteiger partial charge is 0.266 e. The van der Waals surface area contributed by atoms with Crippen LogP contribution in [0.25, 0.3) is 10.2 Å². The number of rotatable bonds is 9. The first-order valence-electron chi connectivity index (χ1n) is 11.0. The Morgan fingerprint density at radius 3 is 2.69 bits per heavy atom. The van der Waals surface area contributed by atoms with Gasteiger partial charge in [-0.1, -0.05) is 35.6 Å². The van der Waals surface area contributed by atoms with E-state index >= 15 is 0 Å². The van der Waals surface area contributed by atoms with Crippen molar-refractivity contribution in [3.05, 3.63) is 48.0 Å². The van der Waals surface area contributed by atoms with Crippen LogP contribution in [0, 0.1) is 6.92 Å². The molecule has 0 atom stereocenters. The van der Waals surface area contributed by atoms with E-state index in [1.54, 1.807) is 4.90 Å².